The lowest BCUT2D eigenvalue weighted by molar-refractivity contribution is -0.147. The van der Waals surface area contributed by atoms with Crippen LogP contribution in [-0.4, -0.2) is 34.1 Å². The van der Waals surface area contributed by atoms with E-state index in [0.29, 0.717) is 19.3 Å². The number of aliphatic hydroxyl groups is 1. The van der Waals surface area contributed by atoms with Crippen molar-refractivity contribution < 1.29 is 24.6 Å². The normalized spacial score (nSPS) is 15.3. The maximum Gasteiger partial charge on any atom is 0.332 e. The number of hydrogen-bond acceptors (Lipinski definition) is 4. The fourth-order valence-corrected chi connectivity index (χ4v) is 1.75. The Morgan fingerprint density at radius 2 is 1.60 bits per heavy atom. The van der Waals surface area contributed by atoms with Crippen LogP contribution in [0.25, 0.3) is 0 Å². The van der Waals surface area contributed by atoms with Gasteiger partial charge >= 0.3 is 5.97 Å². The predicted octanol–water partition coefficient (Wildman–Crippen LogP) is 1.61. The Balaban J connectivity index is 0.000000428. The number of amides is 2. The number of nitrogens with one attached hydrogen (secondary N) is 1. The molecule has 1 aliphatic heterocycles. The van der Waals surface area contributed by atoms with Gasteiger partial charge in [0.25, 0.3) is 0 Å². The molecule has 116 valence electrons. The largest absolute Gasteiger partial charge is 0.479 e. The van der Waals surface area contributed by atoms with Gasteiger partial charge < -0.3 is 10.2 Å². The molecule has 0 bridgehead atoms. The third-order valence-electron chi connectivity index (χ3n) is 2.97. The summed E-state index contributed by atoms with van der Waals surface area (Å²) in [6.45, 7) is 2.16. The Morgan fingerprint density at radius 3 is 2.00 bits per heavy atom. The quantitative estimate of drug-likeness (QED) is 0.465. The maximum atomic E-state index is 10.2. The monoisotopic (exact) mass is 287 g/mol. The molecule has 1 heterocycles. The van der Waals surface area contributed by atoms with Gasteiger partial charge in [0.2, 0.25) is 11.8 Å². The van der Waals surface area contributed by atoms with Gasteiger partial charge in [-0.1, -0.05) is 45.4 Å². The van der Waals surface area contributed by atoms with Crippen LogP contribution in [0.1, 0.15) is 64.7 Å². The maximum absolute atomic E-state index is 10.2. The van der Waals surface area contributed by atoms with Crippen molar-refractivity contribution >= 4 is 17.8 Å². The summed E-state index contributed by atoms with van der Waals surface area (Å²) in [4.78, 5) is 30.5. The van der Waals surface area contributed by atoms with E-state index in [9.17, 15) is 14.4 Å². The summed E-state index contributed by atoms with van der Waals surface area (Å²) in [6.07, 6.45) is 6.67. The summed E-state index contributed by atoms with van der Waals surface area (Å²) < 4.78 is 0. The molecule has 2 amide bonds. The zero-order valence-electron chi connectivity index (χ0n) is 12.1. The van der Waals surface area contributed by atoms with E-state index in [1.54, 1.807) is 0 Å². The van der Waals surface area contributed by atoms with E-state index in [4.69, 9.17) is 10.2 Å². The van der Waals surface area contributed by atoms with E-state index in [0.717, 1.165) is 19.3 Å². The van der Waals surface area contributed by atoms with Gasteiger partial charge in [-0.15, -0.1) is 0 Å². The molecule has 1 atom stereocenters. The average Bonchev–Trinajstić information content (AvgIpc) is 2.77. The molecule has 1 aliphatic rings. The molecule has 0 saturated carbocycles. The zero-order chi connectivity index (χ0) is 15.4. The van der Waals surface area contributed by atoms with Crippen molar-refractivity contribution in [3.05, 3.63) is 0 Å². The minimum absolute atomic E-state index is 0.148. The zero-order valence-corrected chi connectivity index (χ0v) is 12.1. The molecule has 1 rings (SSSR count). The average molecular weight is 287 g/mol. The molecule has 3 N–H and O–H groups in total. The molecule has 1 saturated heterocycles. The van der Waals surface area contributed by atoms with Crippen LogP contribution >= 0.6 is 0 Å². The van der Waals surface area contributed by atoms with Gasteiger partial charge in [-0.25, -0.2) is 4.79 Å². The molecular formula is C14H25NO5. The minimum Gasteiger partial charge on any atom is -0.479 e. The summed E-state index contributed by atoms with van der Waals surface area (Å²) in [5, 5.41) is 19.4. The van der Waals surface area contributed by atoms with E-state index in [1.807, 2.05) is 0 Å². The standard InChI is InChI=1S/C10H20O3.C4H5NO2/c1-2-3-4-5-6-7-8-9(11)10(12)13;6-3-1-2-4(7)5-3/h9,11H,2-8H2,1H3,(H,12,13);1-2H2,(H,5,6,7). The molecule has 0 spiro atoms. The van der Waals surface area contributed by atoms with E-state index >= 15 is 0 Å². The van der Waals surface area contributed by atoms with Crippen molar-refractivity contribution in [2.45, 2.75) is 70.8 Å². The van der Waals surface area contributed by atoms with Crippen LogP contribution in [0.3, 0.4) is 0 Å². The van der Waals surface area contributed by atoms with Gasteiger partial charge in [-0.3, -0.25) is 14.9 Å². The van der Waals surface area contributed by atoms with Gasteiger partial charge in [0.05, 0.1) is 0 Å². The number of carboxylic acids is 1. The van der Waals surface area contributed by atoms with Crippen LogP contribution in [0, 0.1) is 0 Å². The molecule has 0 aromatic carbocycles. The second-order valence-corrected chi connectivity index (χ2v) is 4.88. The fourth-order valence-electron chi connectivity index (χ4n) is 1.75. The third kappa shape index (κ3) is 10.5. The lowest BCUT2D eigenvalue weighted by Gasteiger charge is -2.04. The second-order valence-electron chi connectivity index (χ2n) is 4.88. The summed E-state index contributed by atoms with van der Waals surface area (Å²) in [6, 6.07) is 0. The van der Waals surface area contributed by atoms with Gasteiger partial charge in [0.15, 0.2) is 6.10 Å². The summed E-state index contributed by atoms with van der Waals surface area (Å²) >= 11 is 0. The Bertz CT molecular complexity index is 303. The van der Waals surface area contributed by atoms with Crippen LogP contribution in [-0.2, 0) is 14.4 Å². The van der Waals surface area contributed by atoms with Crippen molar-refractivity contribution in [1.29, 1.82) is 0 Å². The molecular weight excluding hydrogens is 262 g/mol. The van der Waals surface area contributed by atoms with Gasteiger partial charge in [0.1, 0.15) is 0 Å². The Labute approximate surface area is 119 Å². The lowest BCUT2D eigenvalue weighted by atomic mass is 10.1. The number of carboxylic acid groups (broad SMARTS) is 1. The fraction of sp³-hybridized carbons (Fsp3) is 0.786. The SMILES string of the molecule is CCCCCCCCC(O)C(=O)O.O=C1CCC(=O)N1. The first kappa shape index (κ1) is 18.6. The van der Waals surface area contributed by atoms with E-state index in [-0.39, 0.29) is 11.8 Å². The number of unbranched alkanes of at least 4 members (excludes halogenated alkanes) is 5. The first-order chi connectivity index (χ1) is 9.47. The van der Waals surface area contributed by atoms with Crippen LogP contribution in [0.15, 0.2) is 0 Å². The molecule has 1 unspecified atom stereocenters. The number of aliphatic hydroxyl groups excluding tert-OH is 1. The van der Waals surface area contributed by atoms with Crippen LogP contribution < -0.4 is 5.32 Å². The number of carbonyl (C=O) groups is 3. The number of imide groups is 1. The first-order valence-electron chi connectivity index (χ1n) is 7.21. The van der Waals surface area contributed by atoms with Gasteiger partial charge in [0, 0.05) is 12.8 Å². The molecule has 0 aromatic rings. The summed E-state index contributed by atoms with van der Waals surface area (Å²) in [7, 11) is 0. The van der Waals surface area contributed by atoms with E-state index in [2.05, 4.69) is 12.2 Å². The Kier molecular flexibility index (Phi) is 10.6. The first-order valence-corrected chi connectivity index (χ1v) is 7.21. The number of carbonyl (C=O) groups excluding carboxylic acids is 2. The molecule has 0 radical (unpaired) electrons. The third-order valence-corrected chi connectivity index (χ3v) is 2.97. The second kappa shape index (κ2) is 11.4. The Hall–Kier alpha value is -1.43. The highest BCUT2D eigenvalue weighted by molar-refractivity contribution is 6.01. The molecule has 0 aliphatic carbocycles. The van der Waals surface area contributed by atoms with E-state index < -0.39 is 12.1 Å². The Morgan fingerprint density at radius 1 is 1.10 bits per heavy atom. The van der Waals surface area contributed by atoms with Crippen molar-refractivity contribution in [3.63, 3.8) is 0 Å². The van der Waals surface area contributed by atoms with Gasteiger partial charge in [-0.2, -0.15) is 0 Å². The molecule has 0 aromatic heterocycles. The molecule has 20 heavy (non-hydrogen) atoms. The number of rotatable bonds is 8. The topological polar surface area (TPSA) is 104 Å². The smallest absolute Gasteiger partial charge is 0.332 e. The lowest BCUT2D eigenvalue weighted by Crippen LogP contribution is -2.18. The van der Waals surface area contributed by atoms with Gasteiger partial charge in [-0.05, 0) is 6.42 Å². The number of hydrogen-bond donors (Lipinski definition) is 3. The highest BCUT2D eigenvalue weighted by Crippen LogP contribution is 2.08. The van der Waals surface area contributed by atoms with Crippen LogP contribution in [0.4, 0.5) is 0 Å². The van der Waals surface area contributed by atoms with Crippen LogP contribution in [0.5, 0.6) is 0 Å². The highest BCUT2D eigenvalue weighted by atomic mass is 16.4. The number of aliphatic carboxylic acids is 1. The van der Waals surface area contributed by atoms with Crippen LogP contribution in [0.2, 0.25) is 0 Å². The van der Waals surface area contributed by atoms with Crippen molar-refractivity contribution in [3.8, 4) is 0 Å². The van der Waals surface area contributed by atoms with E-state index in [1.165, 1.54) is 19.3 Å². The summed E-state index contributed by atoms with van der Waals surface area (Å²) in [5.74, 6) is -1.40. The summed E-state index contributed by atoms with van der Waals surface area (Å²) in [5.41, 5.74) is 0. The molecule has 6 nitrogen and oxygen atoms in total. The van der Waals surface area contributed by atoms with Crippen molar-refractivity contribution in [1.82, 2.24) is 5.32 Å². The van der Waals surface area contributed by atoms with Crippen molar-refractivity contribution in [2.24, 2.45) is 0 Å². The predicted molar refractivity (Wildman–Crippen MR) is 74.0 cm³/mol. The molecule has 1 fully saturated rings. The highest BCUT2D eigenvalue weighted by Gasteiger charge is 2.15. The molecule has 6 heteroatoms. The minimum atomic E-state index is -1.16. The van der Waals surface area contributed by atoms with Crippen molar-refractivity contribution in [2.75, 3.05) is 0 Å².